The monoisotopic (exact) mass is 224 g/mol. The van der Waals surface area contributed by atoms with Crippen molar-refractivity contribution in [3.63, 3.8) is 0 Å². The molecule has 6 nitrogen and oxygen atoms in total. The molecule has 0 amide bonds. The van der Waals surface area contributed by atoms with Gasteiger partial charge >= 0.3 is 11.9 Å². The summed E-state index contributed by atoms with van der Waals surface area (Å²) in [7, 11) is -2.84. The van der Waals surface area contributed by atoms with Crippen molar-refractivity contribution in [1.82, 2.24) is 0 Å². The van der Waals surface area contributed by atoms with Gasteiger partial charge in [0.1, 0.15) is 0 Å². The Balaban J connectivity index is 3.96. The van der Waals surface area contributed by atoms with Crippen LogP contribution in [0.4, 0.5) is 0 Å². The van der Waals surface area contributed by atoms with Gasteiger partial charge in [0, 0.05) is 18.5 Å². The van der Waals surface area contributed by atoms with Crippen LogP contribution < -0.4 is 0 Å². The van der Waals surface area contributed by atoms with E-state index >= 15 is 0 Å². The first-order chi connectivity index (χ1) is 6.43. The Kier molecular flexibility index (Phi) is 6.16. The third kappa shape index (κ3) is 6.62. The van der Waals surface area contributed by atoms with Crippen LogP contribution in [0.1, 0.15) is 25.7 Å². The van der Waals surface area contributed by atoms with Crippen LogP contribution in [0.5, 0.6) is 0 Å². The SMILES string of the molecule is O=C(O)CCC(CCC(=O)O)[PH](=O)O. The molecule has 0 saturated carbocycles. The molecule has 0 aromatic heterocycles. The van der Waals surface area contributed by atoms with Gasteiger partial charge in [-0.15, -0.1) is 0 Å². The maximum Gasteiger partial charge on any atom is 0.303 e. The summed E-state index contributed by atoms with van der Waals surface area (Å²) in [4.78, 5) is 29.1. The van der Waals surface area contributed by atoms with Crippen molar-refractivity contribution in [3.8, 4) is 0 Å². The van der Waals surface area contributed by atoms with Crippen LogP contribution in [0.15, 0.2) is 0 Å². The highest BCUT2D eigenvalue weighted by molar-refractivity contribution is 7.38. The average Bonchev–Trinajstić information content (AvgIpc) is 2.02. The van der Waals surface area contributed by atoms with E-state index in [9.17, 15) is 14.2 Å². The Labute approximate surface area is 81.4 Å². The Morgan fingerprint density at radius 1 is 1.07 bits per heavy atom. The molecule has 1 atom stereocenters. The van der Waals surface area contributed by atoms with Crippen LogP contribution in [0.3, 0.4) is 0 Å². The maximum absolute atomic E-state index is 10.7. The highest BCUT2D eigenvalue weighted by Crippen LogP contribution is 2.30. The molecule has 0 spiro atoms. The molecule has 0 fully saturated rings. The van der Waals surface area contributed by atoms with E-state index in [0.29, 0.717) is 0 Å². The molecule has 0 bridgehead atoms. The van der Waals surface area contributed by atoms with Gasteiger partial charge in [0.15, 0.2) is 8.03 Å². The van der Waals surface area contributed by atoms with Crippen LogP contribution in [-0.2, 0) is 14.2 Å². The standard InChI is InChI=1S/C7H13O6P/c8-6(9)3-1-5(14(12)13)2-4-7(10)11/h5,14H,1-4H2,(H,8,9)(H,10,11)(H,12,13). The number of carbonyl (C=O) groups is 2. The van der Waals surface area contributed by atoms with Gasteiger partial charge in [-0.25, -0.2) is 0 Å². The summed E-state index contributed by atoms with van der Waals surface area (Å²) in [6.07, 6.45) is -0.309. The van der Waals surface area contributed by atoms with Crippen LogP contribution in [0, 0.1) is 0 Å². The summed E-state index contributed by atoms with van der Waals surface area (Å²) >= 11 is 0. The van der Waals surface area contributed by atoms with Crippen LogP contribution >= 0.6 is 8.03 Å². The van der Waals surface area contributed by atoms with E-state index in [2.05, 4.69) is 0 Å². The summed E-state index contributed by atoms with van der Waals surface area (Å²) in [5, 5.41) is 16.7. The van der Waals surface area contributed by atoms with Gasteiger partial charge in [-0.2, -0.15) is 0 Å². The van der Waals surface area contributed by atoms with Gasteiger partial charge in [-0.3, -0.25) is 14.2 Å². The fourth-order valence-corrected chi connectivity index (χ4v) is 1.77. The molecule has 82 valence electrons. The predicted molar refractivity (Wildman–Crippen MR) is 48.7 cm³/mol. The normalized spacial score (nSPS) is 12.7. The van der Waals surface area contributed by atoms with Crippen LogP contribution in [-0.4, -0.2) is 32.7 Å². The minimum absolute atomic E-state index is 0.0525. The van der Waals surface area contributed by atoms with Crippen molar-refractivity contribution in [1.29, 1.82) is 0 Å². The molecule has 7 heteroatoms. The van der Waals surface area contributed by atoms with Crippen molar-refractivity contribution >= 4 is 20.0 Å². The number of rotatable bonds is 7. The van der Waals surface area contributed by atoms with Crippen molar-refractivity contribution in [2.45, 2.75) is 31.3 Å². The van der Waals surface area contributed by atoms with E-state index in [1.165, 1.54) is 0 Å². The van der Waals surface area contributed by atoms with E-state index in [1.54, 1.807) is 0 Å². The van der Waals surface area contributed by atoms with Crippen molar-refractivity contribution in [3.05, 3.63) is 0 Å². The molecule has 14 heavy (non-hydrogen) atoms. The van der Waals surface area contributed by atoms with Gasteiger partial charge in [-0.05, 0) is 12.8 Å². The van der Waals surface area contributed by atoms with E-state index in [-0.39, 0.29) is 25.7 Å². The smallest absolute Gasteiger partial charge is 0.303 e. The second kappa shape index (κ2) is 6.56. The van der Waals surface area contributed by atoms with Crippen molar-refractivity contribution in [2.75, 3.05) is 0 Å². The predicted octanol–water partition coefficient (Wildman–Crippen LogP) is 0.552. The number of carboxylic acid groups (broad SMARTS) is 2. The molecule has 1 unspecified atom stereocenters. The summed E-state index contributed by atoms with van der Waals surface area (Å²) in [5.74, 6) is -2.10. The molecule has 0 saturated heterocycles. The summed E-state index contributed by atoms with van der Waals surface area (Å²) in [6.45, 7) is 0. The maximum atomic E-state index is 10.7. The Bertz CT molecular complexity index is 220. The van der Waals surface area contributed by atoms with Crippen LogP contribution in [0.25, 0.3) is 0 Å². The molecule has 3 N–H and O–H groups in total. The molecule has 0 aliphatic carbocycles. The van der Waals surface area contributed by atoms with Gasteiger partial charge in [0.05, 0.1) is 0 Å². The Hall–Kier alpha value is -0.870. The summed E-state index contributed by atoms with van der Waals surface area (Å²) in [5.41, 5.74) is -0.702. The zero-order valence-electron chi connectivity index (χ0n) is 7.47. The number of hydrogen-bond acceptors (Lipinski definition) is 3. The van der Waals surface area contributed by atoms with E-state index < -0.39 is 25.6 Å². The average molecular weight is 224 g/mol. The lowest BCUT2D eigenvalue weighted by atomic mass is 10.1. The fourth-order valence-electron chi connectivity index (χ4n) is 0.987. The zero-order chi connectivity index (χ0) is 11.1. The highest BCUT2D eigenvalue weighted by Gasteiger charge is 2.17. The van der Waals surface area contributed by atoms with Crippen LogP contribution in [0.2, 0.25) is 0 Å². The molecule has 0 heterocycles. The third-order valence-electron chi connectivity index (χ3n) is 1.76. The van der Waals surface area contributed by atoms with Gasteiger partial charge in [0.2, 0.25) is 0 Å². The first-order valence-electron chi connectivity index (χ1n) is 4.10. The van der Waals surface area contributed by atoms with E-state index in [1.807, 2.05) is 0 Å². The lowest BCUT2D eigenvalue weighted by Gasteiger charge is -2.10. The Morgan fingerprint density at radius 3 is 1.64 bits per heavy atom. The lowest BCUT2D eigenvalue weighted by Crippen LogP contribution is -2.09. The van der Waals surface area contributed by atoms with Gasteiger partial charge < -0.3 is 15.1 Å². The van der Waals surface area contributed by atoms with E-state index in [4.69, 9.17) is 15.1 Å². The second-order valence-electron chi connectivity index (χ2n) is 2.90. The van der Waals surface area contributed by atoms with Crippen molar-refractivity contribution < 1.29 is 29.3 Å². The first-order valence-corrected chi connectivity index (χ1v) is 5.53. The number of hydrogen-bond donors (Lipinski definition) is 3. The highest BCUT2D eigenvalue weighted by atomic mass is 31.1. The molecule has 0 aliphatic rings. The molecular formula is C7H13O6P. The second-order valence-corrected chi connectivity index (χ2v) is 4.39. The van der Waals surface area contributed by atoms with Gasteiger partial charge in [-0.1, -0.05) is 0 Å². The summed E-state index contributed by atoms with van der Waals surface area (Å²) in [6, 6.07) is 0. The quantitative estimate of drug-likeness (QED) is 0.544. The molecule has 0 rings (SSSR count). The topological polar surface area (TPSA) is 112 Å². The zero-order valence-corrected chi connectivity index (χ0v) is 8.47. The largest absolute Gasteiger partial charge is 0.481 e. The Morgan fingerprint density at radius 2 is 1.43 bits per heavy atom. The molecule has 0 aliphatic heterocycles. The van der Waals surface area contributed by atoms with E-state index in [0.717, 1.165) is 0 Å². The van der Waals surface area contributed by atoms with Crippen molar-refractivity contribution in [2.24, 2.45) is 0 Å². The van der Waals surface area contributed by atoms with Gasteiger partial charge in [0.25, 0.3) is 0 Å². The summed E-state index contributed by atoms with van der Waals surface area (Å²) < 4.78 is 10.7. The molecule has 0 aromatic carbocycles. The number of carboxylic acids is 2. The first kappa shape index (κ1) is 13.1. The molecule has 0 aromatic rings. The minimum atomic E-state index is -2.84. The molecule has 0 radical (unpaired) electrons. The molecular weight excluding hydrogens is 211 g/mol. The lowest BCUT2D eigenvalue weighted by molar-refractivity contribution is -0.137. The number of aliphatic carboxylic acids is 2. The fraction of sp³-hybridized carbons (Fsp3) is 0.714. The third-order valence-corrected chi connectivity index (χ3v) is 3.04. The minimum Gasteiger partial charge on any atom is -0.481 e.